The smallest absolute Gasteiger partial charge is 0.269 e. The van der Waals surface area contributed by atoms with E-state index >= 15 is 0 Å². The third-order valence-electron chi connectivity index (χ3n) is 5.00. The maximum Gasteiger partial charge on any atom is 0.269 e. The van der Waals surface area contributed by atoms with Gasteiger partial charge in [0.15, 0.2) is 0 Å². The minimum atomic E-state index is -0.624. The molecule has 3 heterocycles. The molecule has 33 heavy (non-hydrogen) atoms. The van der Waals surface area contributed by atoms with Crippen LogP contribution in [0.2, 0.25) is 10.0 Å². The van der Waals surface area contributed by atoms with E-state index in [9.17, 15) is 14.9 Å². The molecule has 1 unspecified atom stereocenters. The minimum Gasteiger partial charge on any atom is -0.437 e. The zero-order chi connectivity index (χ0) is 23.4. The van der Waals surface area contributed by atoms with Crippen LogP contribution < -0.4 is 15.6 Å². The quantitative estimate of drug-likeness (QED) is 0.418. The van der Waals surface area contributed by atoms with E-state index in [0.29, 0.717) is 17.3 Å². The normalized spacial score (nSPS) is 15.9. The van der Waals surface area contributed by atoms with E-state index in [1.165, 1.54) is 28.8 Å². The summed E-state index contributed by atoms with van der Waals surface area (Å²) in [5.41, 5.74) is -0.537. The maximum atomic E-state index is 13.2. The predicted molar refractivity (Wildman–Crippen MR) is 124 cm³/mol. The van der Waals surface area contributed by atoms with Crippen molar-refractivity contribution in [2.45, 2.75) is 18.9 Å². The molecule has 8 nitrogen and oxygen atoms in total. The Labute approximate surface area is 199 Å². The third-order valence-corrected chi connectivity index (χ3v) is 5.53. The lowest BCUT2D eigenvalue weighted by atomic mass is 10.1. The summed E-state index contributed by atoms with van der Waals surface area (Å²) < 4.78 is 12.6. The van der Waals surface area contributed by atoms with E-state index in [-0.39, 0.29) is 40.4 Å². The number of benzene rings is 1. The summed E-state index contributed by atoms with van der Waals surface area (Å²) in [5.74, 6) is -0.514. The topological polar surface area (TPSA) is 106 Å². The molecule has 0 spiro atoms. The van der Waals surface area contributed by atoms with E-state index in [1.54, 1.807) is 24.3 Å². The molecule has 0 aliphatic carbocycles. The fourth-order valence-corrected chi connectivity index (χ4v) is 3.79. The molecule has 1 aromatic carbocycles. The molecule has 168 valence electrons. The zero-order valence-corrected chi connectivity index (χ0v) is 18.8. The maximum absolute atomic E-state index is 13.2. The van der Waals surface area contributed by atoms with Crippen molar-refractivity contribution < 1.29 is 14.3 Å². The lowest BCUT2D eigenvalue weighted by molar-refractivity contribution is -0.117. The molecular formula is C23H18Cl2N4O4. The largest absolute Gasteiger partial charge is 0.437 e. The summed E-state index contributed by atoms with van der Waals surface area (Å²) in [6.07, 6.45) is 4.37. The highest BCUT2D eigenvalue weighted by Crippen LogP contribution is 2.32. The number of carbonyl (C=O) groups is 1. The Morgan fingerprint density at radius 3 is 2.94 bits per heavy atom. The van der Waals surface area contributed by atoms with E-state index in [2.05, 4.69) is 10.3 Å². The summed E-state index contributed by atoms with van der Waals surface area (Å²) in [7, 11) is 0. The second-order valence-corrected chi connectivity index (χ2v) is 8.10. The zero-order valence-electron chi connectivity index (χ0n) is 17.3. The molecule has 2 aromatic heterocycles. The lowest BCUT2D eigenvalue weighted by Gasteiger charge is -2.12. The Bertz CT molecular complexity index is 1340. The standard InChI is InChI=1S/C23H18Cl2N4O4/c24-15-6-7-19(18(25)11-15)33-22-17(23(31)29-8-2-1-5-20(29)28-22)10-14(12-26)21(30)27-13-16-4-3-9-32-16/h1-2,5-8,10-11,16H,3-4,9,13H2,(H,27,30)/b14-10+. The van der Waals surface area contributed by atoms with Gasteiger partial charge in [-0.2, -0.15) is 10.2 Å². The van der Waals surface area contributed by atoms with Gasteiger partial charge in [-0.15, -0.1) is 0 Å². The molecule has 4 rings (SSSR count). The minimum absolute atomic E-state index is 0.0754. The number of nitrogens with zero attached hydrogens (tertiary/aromatic N) is 3. The van der Waals surface area contributed by atoms with Crippen molar-refractivity contribution in [3.05, 3.63) is 74.1 Å². The van der Waals surface area contributed by atoms with Crippen LogP contribution in [0.5, 0.6) is 11.6 Å². The first kappa shape index (κ1) is 22.8. The Balaban J connectivity index is 1.74. The number of nitrogens with one attached hydrogen (secondary N) is 1. The van der Waals surface area contributed by atoms with Crippen molar-refractivity contribution in [3.63, 3.8) is 0 Å². The number of rotatable bonds is 6. The van der Waals surface area contributed by atoms with Gasteiger partial charge < -0.3 is 14.8 Å². The molecule has 0 saturated carbocycles. The number of fused-ring (bicyclic) bond motifs is 1. The number of hydrogen-bond acceptors (Lipinski definition) is 6. The van der Waals surface area contributed by atoms with Crippen LogP contribution >= 0.6 is 23.2 Å². The van der Waals surface area contributed by atoms with Gasteiger partial charge in [-0.05, 0) is 49.2 Å². The summed E-state index contributed by atoms with van der Waals surface area (Å²) >= 11 is 12.2. The molecule has 1 amide bonds. The molecular weight excluding hydrogens is 467 g/mol. The summed E-state index contributed by atoms with van der Waals surface area (Å²) in [5, 5.41) is 12.9. The Morgan fingerprint density at radius 1 is 1.36 bits per heavy atom. The van der Waals surface area contributed by atoms with Gasteiger partial charge in [-0.3, -0.25) is 14.0 Å². The number of nitriles is 1. The van der Waals surface area contributed by atoms with Gasteiger partial charge in [0.1, 0.15) is 28.6 Å². The van der Waals surface area contributed by atoms with E-state index in [1.807, 2.05) is 6.07 Å². The van der Waals surface area contributed by atoms with Crippen LogP contribution in [0.4, 0.5) is 0 Å². The Kier molecular flexibility index (Phi) is 6.94. The van der Waals surface area contributed by atoms with E-state index in [4.69, 9.17) is 32.7 Å². The van der Waals surface area contributed by atoms with E-state index < -0.39 is 11.5 Å². The molecule has 1 aliphatic rings. The van der Waals surface area contributed by atoms with Gasteiger partial charge in [0, 0.05) is 24.4 Å². The molecule has 10 heteroatoms. The molecule has 0 radical (unpaired) electrons. The van der Waals surface area contributed by atoms with Crippen molar-refractivity contribution in [2.75, 3.05) is 13.2 Å². The molecule has 1 fully saturated rings. The highest BCUT2D eigenvalue weighted by atomic mass is 35.5. The first-order valence-electron chi connectivity index (χ1n) is 10.1. The average Bonchev–Trinajstić information content (AvgIpc) is 3.33. The van der Waals surface area contributed by atoms with Crippen LogP contribution in [0.25, 0.3) is 11.7 Å². The van der Waals surface area contributed by atoms with Gasteiger partial charge in [0.2, 0.25) is 5.88 Å². The van der Waals surface area contributed by atoms with Crippen LogP contribution in [0.3, 0.4) is 0 Å². The number of halogens is 2. The van der Waals surface area contributed by atoms with Crippen LogP contribution in [0.15, 0.2) is 53.0 Å². The number of hydrogen-bond donors (Lipinski definition) is 1. The monoisotopic (exact) mass is 484 g/mol. The average molecular weight is 485 g/mol. The first-order chi connectivity index (χ1) is 16.0. The van der Waals surface area contributed by atoms with Gasteiger partial charge in [-0.1, -0.05) is 29.3 Å². The second-order valence-electron chi connectivity index (χ2n) is 7.26. The van der Waals surface area contributed by atoms with Crippen molar-refractivity contribution in [1.82, 2.24) is 14.7 Å². The number of aromatic nitrogens is 2. The van der Waals surface area contributed by atoms with Crippen LogP contribution in [-0.4, -0.2) is 34.5 Å². The fourth-order valence-electron chi connectivity index (χ4n) is 3.35. The van der Waals surface area contributed by atoms with Crippen molar-refractivity contribution in [1.29, 1.82) is 5.26 Å². The Hall–Kier alpha value is -3.38. The highest BCUT2D eigenvalue weighted by molar-refractivity contribution is 6.35. The summed E-state index contributed by atoms with van der Waals surface area (Å²) in [6, 6.07) is 11.5. The van der Waals surface area contributed by atoms with Gasteiger partial charge in [0.05, 0.1) is 11.1 Å². The van der Waals surface area contributed by atoms with Crippen LogP contribution in [0.1, 0.15) is 18.4 Å². The van der Waals surface area contributed by atoms with Crippen molar-refractivity contribution >= 4 is 40.8 Å². The Morgan fingerprint density at radius 2 is 2.21 bits per heavy atom. The number of amides is 1. The number of pyridine rings is 1. The molecule has 3 aromatic rings. The van der Waals surface area contributed by atoms with Gasteiger partial charge in [-0.25, -0.2) is 0 Å². The third kappa shape index (κ3) is 5.17. The van der Waals surface area contributed by atoms with Gasteiger partial charge in [0.25, 0.3) is 11.5 Å². The van der Waals surface area contributed by atoms with Gasteiger partial charge >= 0.3 is 0 Å². The number of ether oxygens (including phenoxy) is 2. The molecule has 1 atom stereocenters. The number of carbonyl (C=O) groups excluding carboxylic acids is 1. The first-order valence-corrected chi connectivity index (χ1v) is 10.9. The molecule has 1 aliphatic heterocycles. The van der Waals surface area contributed by atoms with Crippen molar-refractivity contribution in [3.8, 4) is 17.7 Å². The summed E-state index contributed by atoms with van der Waals surface area (Å²) in [6.45, 7) is 0.922. The van der Waals surface area contributed by atoms with Crippen LogP contribution in [0, 0.1) is 11.3 Å². The molecule has 1 N–H and O–H groups in total. The molecule has 1 saturated heterocycles. The lowest BCUT2D eigenvalue weighted by Crippen LogP contribution is -2.32. The fraction of sp³-hybridized carbons (Fsp3) is 0.217. The molecule has 0 bridgehead atoms. The van der Waals surface area contributed by atoms with Crippen molar-refractivity contribution in [2.24, 2.45) is 0 Å². The van der Waals surface area contributed by atoms with E-state index in [0.717, 1.165) is 12.8 Å². The summed E-state index contributed by atoms with van der Waals surface area (Å²) in [4.78, 5) is 30.2. The van der Waals surface area contributed by atoms with Crippen LogP contribution in [-0.2, 0) is 9.53 Å². The second kappa shape index (κ2) is 10.0. The SMILES string of the molecule is N#C/C(=C\c1c(Oc2ccc(Cl)cc2Cl)nc2ccccn2c1=O)C(=O)NCC1CCCO1. The predicted octanol–water partition coefficient (Wildman–Crippen LogP) is 4.00. The highest BCUT2D eigenvalue weighted by Gasteiger charge is 2.20.